The highest BCUT2D eigenvalue weighted by Crippen LogP contribution is 2.24. The Morgan fingerprint density at radius 3 is 2.50 bits per heavy atom. The molecule has 2 aromatic rings. The molecule has 0 saturated carbocycles. The summed E-state index contributed by atoms with van der Waals surface area (Å²) >= 11 is 0. The summed E-state index contributed by atoms with van der Waals surface area (Å²) in [6, 6.07) is 10.9. The molecule has 2 rings (SSSR count). The van der Waals surface area contributed by atoms with E-state index in [2.05, 4.69) is 5.32 Å². The molecule has 0 aliphatic carbocycles. The number of hydrogen-bond acceptors (Lipinski definition) is 6. The normalized spacial score (nSPS) is 11.3. The summed E-state index contributed by atoms with van der Waals surface area (Å²) < 4.78 is 10.3. The minimum atomic E-state index is -1.11. The molecule has 0 saturated heterocycles. The molecule has 0 unspecified atom stereocenters. The Hall–Kier alpha value is -3.42. The largest absolute Gasteiger partial charge is 0.495 e. The fourth-order valence-corrected chi connectivity index (χ4v) is 2.30. The maximum atomic E-state index is 12.3. The number of carbonyl (C=O) groups is 2. The van der Waals surface area contributed by atoms with Crippen molar-refractivity contribution < 1.29 is 24.0 Å². The molecule has 2 aromatic carbocycles. The van der Waals surface area contributed by atoms with E-state index >= 15 is 0 Å². The average molecular weight is 358 g/mol. The molecule has 8 heteroatoms. The number of nitro groups is 1. The first kappa shape index (κ1) is 18.9. The summed E-state index contributed by atoms with van der Waals surface area (Å²) in [4.78, 5) is 34.9. The molecule has 0 bridgehead atoms. The van der Waals surface area contributed by atoms with Crippen molar-refractivity contribution in [1.29, 1.82) is 0 Å². The van der Waals surface area contributed by atoms with Crippen LogP contribution in [-0.4, -0.2) is 30.0 Å². The number of esters is 1. The third-order valence-corrected chi connectivity index (χ3v) is 3.74. The Morgan fingerprint density at radius 2 is 1.85 bits per heavy atom. The highest BCUT2D eigenvalue weighted by atomic mass is 16.6. The van der Waals surface area contributed by atoms with Crippen molar-refractivity contribution in [2.75, 3.05) is 12.4 Å². The SMILES string of the molecule is COc1ccccc1NC(=O)[C@@H](C)OC(=O)c1cccc([N+](=O)[O-])c1C. The van der Waals surface area contributed by atoms with Gasteiger partial charge in [-0.25, -0.2) is 4.79 Å². The lowest BCUT2D eigenvalue weighted by molar-refractivity contribution is -0.385. The van der Waals surface area contributed by atoms with Gasteiger partial charge in [0.1, 0.15) is 5.75 Å². The number of carbonyl (C=O) groups excluding carboxylic acids is 2. The number of nitro benzene ring substituents is 1. The van der Waals surface area contributed by atoms with E-state index in [-0.39, 0.29) is 16.8 Å². The van der Waals surface area contributed by atoms with Gasteiger partial charge in [0.05, 0.1) is 23.3 Å². The second-order valence-corrected chi connectivity index (χ2v) is 5.44. The summed E-state index contributed by atoms with van der Waals surface area (Å²) in [7, 11) is 1.47. The Bertz CT molecular complexity index is 849. The first-order chi connectivity index (χ1) is 12.3. The van der Waals surface area contributed by atoms with E-state index in [0.29, 0.717) is 11.4 Å². The van der Waals surface area contributed by atoms with Gasteiger partial charge < -0.3 is 14.8 Å². The lowest BCUT2D eigenvalue weighted by Gasteiger charge is -2.15. The van der Waals surface area contributed by atoms with E-state index in [0.717, 1.165) is 0 Å². The number of para-hydroxylation sites is 2. The quantitative estimate of drug-likeness (QED) is 0.483. The Labute approximate surface area is 149 Å². The lowest BCUT2D eigenvalue weighted by atomic mass is 10.1. The number of nitrogens with zero attached hydrogens (tertiary/aromatic N) is 1. The standard InChI is InChI=1S/C18H18N2O6/c1-11-13(7-6-9-15(11)20(23)24)18(22)26-12(2)17(21)19-14-8-4-5-10-16(14)25-3/h4-10,12H,1-3H3,(H,19,21)/t12-/m1/s1. The van der Waals surface area contributed by atoms with Gasteiger partial charge >= 0.3 is 5.97 Å². The zero-order valence-electron chi connectivity index (χ0n) is 14.5. The van der Waals surface area contributed by atoms with Crippen LogP contribution in [0.1, 0.15) is 22.8 Å². The molecule has 0 aliphatic rings. The van der Waals surface area contributed by atoms with Gasteiger partial charge in [0.25, 0.3) is 11.6 Å². The minimum Gasteiger partial charge on any atom is -0.495 e. The summed E-state index contributed by atoms with van der Waals surface area (Å²) in [5, 5.41) is 13.6. The number of nitrogens with one attached hydrogen (secondary N) is 1. The van der Waals surface area contributed by atoms with E-state index in [1.165, 1.54) is 39.2 Å². The number of hydrogen-bond donors (Lipinski definition) is 1. The Balaban J connectivity index is 2.11. The molecular weight excluding hydrogens is 340 g/mol. The second kappa shape index (κ2) is 8.11. The van der Waals surface area contributed by atoms with E-state index in [4.69, 9.17) is 9.47 Å². The summed E-state index contributed by atoms with van der Waals surface area (Å²) in [5.41, 5.74) is 0.469. The molecule has 26 heavy (non-hydrogen) atoms. The number of rotatable bonds is 6. The van der Waals surface area contributed by atoms with Crippen molar-refractivity contribution >= 4 is 23.3 Å². The molecule has 1 atom stereocenters. The van der Waals surface area contributed by atoms with Crippen LogP contribution < -0.4 is 10.1 Å². The predicted octanol–water partition coefficient (Wildman–Crippen LogP) is 3.10. The highest BCUT2D eigenvalue weighted by molar-refractivity contribution is 5.98. The number of methoxy groups -OCH3 is 1. The van der Waals surface area contributed by atoms with Crippen LogP contribution >= 0.6 is 0 Å². The van der Waals surface area contributed by atoms with Gasteiger partial charge in [0.15, 0.2) is 6.10 Å². The van der Waals surface area contributed by atoms with Crippen molar-refractivity contribution in [1.82, 2.24) is 0 Å². The molecule has 0 aliphatic heterocycles. The van der Waals surface area contributed by atoms with E-state index < -0.39 is 22.9 Å². The smallest absolute Gasteiger partial charge is 0.339 e. The molecule has 8 nitrogen and oxygen atoms in total. The fourth-order valence-electron chi connectivity index (χ4n) is 2.30. The number of benzene rings is 2. The molecule has 1 amide bonds. The van der Waals surface area contributed by atoms with Crippen LogP contribution in [0.25, 0.3) is 0 Å². The van der Waals surface area contributed by atoms with Crippen LogP contribution in [0, 0.1) is 17.0 Å². The van der Waals surface area contributed by atoms with Crippen LogP contribution in [0.4, 0.5) is 11.4 Å². The number of anilines is 1. The van der Waals surface area contributed by atoms with Gasteiger partial charge in [0.2, 0.25) is 0 Å². The van der Waals surface area contributed by atoms with Gasteiger partial charge in [-0.2, -0.15) is 0 Å². The average Bonchev–Trinajstić information content (AvgIpc) is 2.61. The van der Waals surface area contributed by atoms with Crippen molar-refractivity contribution in [2.45, 2.75) is 20.0 Å². The van der Waals surface area contributed by atoms with Crippen LogP contribution in [0.5, 0.6) is 5.75 Å². The molecule has 0 heterocycles. The van der Waals surface area contributed by atoms with Gasteiger partial charge in [-0.05, 0) is 32.0 Å². The maximum Gasteiger partial charge on any atom is 0.339 e. The first-order valence-electron chi connectivity index (χ1n) is 7.74. The predicted molar refractivity (Wildman–Crippen MR) is 94.3 cm³/mol. The van der Waals surface area contributed by atoms with Crippen LogP contribution in [0.3, 0.4) is 0 Å². The number of amides is 1. The topological polar surface area (TPSA) is 108 Å². The summed E-state index contributed by atoms with van der Waals surface area (Å²) in [5.74, 6) is -0.895. The zero-order chi connectivity index (χ0) is 19.3. The van der Waals surface area contributed by atoms with Crippen LogP contribution in [0.15, 0.2) is 42.5 Å². The molecule has 136 valence electrons. The molecule has 0 spiro atoms. The van der Waals surface area contributed by atoms with Gasteiger partial charge in [-0.1, -0.05) is 18.2 Å². The van der Waals surface area contributed by atoms with Crippen molar-refractivity contribution in [2.24, 2.45) is 0 Å². The third-order valence-electron chi connectivity index (χ3n) is 3.74. The highest BCUT2D eigenvalue weighted by Gasteiger charge is 2.23. The third kappa shape index (κ3) is 4.15. The molecule has 0 aromatic heterocycles. The monoisotopic (exact) mass is 358 g/mol. The van der Waals surface area contributed by atoms with Crippen molar-refractivity contribution in [3.05, 3.63) is 63.7 Å². The first-order valence-corrected chi connectivity index (χ1v) is 7.74. The van der Waals surface area contributed by atoms with Gasteiger partial charge in [-0.15, -0.1) is 0 Å². The van der Waals surface area contributed by atoms with Crippen LogP contribution in [0.2, 0.25) is 0 Å². The van der Waals surface area contributed by atoms with Crippen LogP contribution in [-0.2, 0) is 9.53 Å². The van der Waals surface area contributed by atoms with Crippen molar-refractivity contribution in [3.63, 3.8) is 0 Å². The van der Waals surface area contributed by atoms with E-state index in [1.807, 2.05) is 0 Å². The van der Waals surface area contributed by atoms with Crippen molar-refractivity contribution in [3.8, 4) is 5.75 Å². The summed E-state index contributed by atoms with van der Waals surface area (Å²) in [6.45, 7) is 2.86. The fraction of sp³-hybridized carbons (Fsp3) is 0.222. The molecule has 0 fully saturated rings. The van der Waals surface area contributed by atoms with E-state index in [1.54, 1.807) is 24.3 Å². The molecular formula is C18H18N2O6. The van der Waals surface area contributed by atoms with Gasteiger partial charge in [-0.3, -0.25) is 14.9 Å². The maximum absolute atomic E-state index is 12.3. The van der Waals surface area contributed by atoms with E-state index in [9.17, 15) is 19.7 Å². The Kier molecular flexibility index (Phi) is 5.90. The molecule has 1 N–H and O–H groups in total. The zero-order valence-corrected chi connectivity index (χ0v) is 14.5. The Morgan fingerprint density at radius 1 is 1.15 bits per heavy atom. The second-order valence-electron chi connectivity index (χ2n) is 5.44. The molecule has 0 radical (unpaired) electrons. The van der Waals surface area contributed by atoms with Gasteiger partial charge in [0, 0.05) is 11.6 Å². The summed E-state index contributed by atoms with van der Waals surface area (Å²) in [6.07, 6.45) is -1.11. The minimum absolute atomic E-state index is 0.0381. The number of ether oxygens (including phenoxy) is 2. The lowest BCUT2D eigenvalue weighted by Crippen LogP contribution is -2.30.